The standard InChI is InChI=1S/C29H32N2SSi/c1-20(2)33(21(3)4,22(5)6)19-18-26-29(31-25-15-11-10-14-24(25)30-26)28-17-16-27(32-28)23-12-8-7-9-13-23/h7-17,20-22H,1-6H3. The molecule has 0 N–H and O–H groups in total. The first-order chi connectivity index (χ1) is 15.8. The molecular weight excluding hydrogens is 436 g/mol. The number of hydrogen-bond donors (Lipinski definition) is 0. The van der Waals surface area contributed by atoms with Gasteiger partial charge < -0.3 is 0 Å². The summed E-state index contributed by atoms with van der Waals surface area (Å²) in [7, 11) is -1.87. The lowest BCUT2D eigenvalue weighted by Crippen LogP contribution is -2.43. The Morgan fingerprint density at radius 2 is 1.21 bits per heavy atom. The highest BCUT2D eigenvalue weighted by molar-refractivity contribution is 7.18. The summed E-state index contributed by atoms with van der Waals surface area (Å²) in [6.07, 6.45) is 0. The predicted molar refractivity (Wildman–Crippen MR) is 146 cm³/mol. The minimum Gasteiger partial charge on any atom is -0.242 e. The summed E-state index contributed by atoms with van der Waals surface area (Å²) < 4.78 is 0. The molecule has 2 aromatic heterocycles. The zero-order valence-electron chi connectivity index (χ0n) is 20.4. The van der Waals surface area contributed by atoms with Crippen LogP contribution in [0.25, 0.3) is 32.0 Å². The first kappa shape index (κ1) is 23.4. The van der Waals surface area contributed by atoms with Crippen molar-refractivity contribution in [1.82, 2.24) is 9.97 Å². The SMILES string of the molecule is CC(C)[Si](C#Cc1nc2ccccc2nc1-c1ccc(-c2ccccc2)s1)(C(C)C)C(C)C. The highest BCUT2D eigenvalue weighted by Gasteiger charge is 2.41. The second-order valence-electron chi connectivity index (χ2n) is 9.59. The lowest BCUT2D eigenvalue weighted by atomic mass is 10.2. The molecule has 0 bridgehead atoms. The summed E-state index contributed by atoms with van der Waals surface area (Å²) in [4.78, 5) is 12.4. The van der Waals surface area contributed by atoms with Gasteiger partial charge in [-0.25, -0.2) is 9.97 Å². The predicted octanol–water partition coefficient (Wildman–Crippen LogP) is 8.59. The number of thiophene rings is 1. The molecule has 2 heterocycles. The second-order valence-corrected chi connectivity index (χ2v) is 16.3. The first-order valence-electron chi connectivity index (χ1n) is 11.8. The average molecular weight is 469 g/mol. The van der Waals surface area contributed by atoms with Gasteiger partial charge in [0.2, 0.25) is 0 Å². The fourth-order valence-corrected chi connectivity index (χ4v) is 11.3. The maximum absolute atomic E-state index is 5.05. The van der Waals surface area contributed by atoms with Crippen molar-refractivity contribution in [3.05, 3.63) is 72.4 Å². The highest BCUT2D eigenvalue weighted by Crippen LogP contribution is 2.41. The molecule has 0 amide bonds. The van der Waals surface area contributed by atoms with E-state index in [9.17, 15) is 0 Å². The van der Waals surface area contributed by atoms with Crippen LogP contribution in [0.2, 0.25) is 16.6 Å². The Morgan fingerprint density at radius 1 is 0.667 bits per heavy atom. The molecule has 4 heteroatoms. The number of nitrogens with zero attached hydrogens (tertiary/aromatic N) is 2. The number of para-hydroxylation sites is 2. The first-order valence-corrected chi connectivity index (χ1v) is 14.8. The number of aromatic nitrogens is 2. The van der Waals surface area contributed by atoms with Crippen LogP contribution in [-0.2, 0) is 0 Å². The van der Waals surface area contributed by atoms with E-state index >= 15 is 0 Å². The fourth-order valence-electron chi connectivity index (χ4n) is 5.08. The van der Waals surface area contributed by atoms with Crippen molar-refractivity contribution >= 4 is 30.4 Å². The van der Waals surface area contributed by atoms with Gasteiger partial charge in [0, 0.05) is 4.88 Å². The maximum Gasteiger partial charge on any atom is 0.146 e. The van der Waals surface area contributed by atoms with Gasteiger partial charge in [0.15, 0.2) is 0 Å². The molecule has 0 unspecified atom stereocenters. The number of fused-ring (bicyclic) bond motifs is 1. The third kappa shape index (κ3) is 4.53. The Bertz CT molecular complexity index is 1290. The number of benzene rings is 2. The van der Waals surface area contributed by atoms with Gasteiger partial charge in [0.05, 0.1) is 15.9 Å². The van der Waals surface area contributed by atoms with Crippen LogP contribution in [0, 0.1) is 11.5 Å². The van der Waals surface area contributed by atoms with E-state index in [1.165, 1.54) is 10.4 Å². The molecule has 0 aliphatic carbocycles. The van der Waals surface area contributed by atoms with E-state index in [1.54, 1.807) is 11.3 Å². The van der Waals surface area contributed by atoms with Gasteiger partial charge >= 0.3 is 0 Å². The van der Waals surface area contributed by atoms with Crippen LogP contribution < -0.4 is 0 Å². The van der Waals surface area contributed by atoms with Crippen LogP contribution in [0.3, 0.4) is 0 Å². The lowest BCUT2D eigenvalue weighted by molar-refractivity contribution is 0.838. The largest absolute Gasteiger partial charge is 0.242 e. The van der Waals surface area contributed by atoms with Crippen molar-refractivity contribution in [3.8, 4) is 32.5 Å². The smallest absolute Gasteiger partial charge is 0.146 e. The van der Waals surface area contributed by atoms with Crippen molar-refractivity contribution in [1.29, 1.82) is 0 Å². The van der Waals surface area contributed by atoms with Crippen LogP contribution in [0.15, 0.2) is 66.7 Å². The zero-order chi connectivity index (χ0) is 23.6. The molecule has 2 nitrogen and oxygen atoms in total. The van der Waals surface area contributed by atoms with E-state index in [0.29, 0.717) is 16.6 Å². The van der Waals surface area contributed by atoms with Gasteiger partial charge in [0.1, 0.15) is 19.5 Å². The molecule has 33 heavy (non-hydrogen) atoms. The van der Waals surface area contributed by atoms with Crippen molar-refractivity contribution < 1.29 is 0 Å². The summed E-state index contributed by atoms with van der Waals surface area (Å²) >= 11 is 1.76. The average Bonchev–Trinajstić information content (AvgIpc) is 3.29. The van der Waals surface area contributed by atoms with Gasteiger partial charge in [-0.3, -0.25) is 0 Å². The zero-order valence-corrected chi connectivity index (χ0v) is 22.2. The minimum absolute atomic E-state index is 0.577. The van der Waals surface area contributed by atoms with Crippen LogP contribution in [0.5, 0.6) is 0 Å². The van der Waals surface area contributed by atoms with Gasteiger partial charge in [-0.15, -0.1) is 16.9 Å². The van der Waals surface area contributed by atoms with E-state index in [2.05, 4.69) is 95.5 Å². The molecular formula is C29H32N2SSi. The van der Waals surface area contributed by atoms with Crippen LogP contribution in [-0.4, -0.2) is 18.0 Å². The molecule has 4 rings (SSSR count). The Morgan fingerprint density at radius 3 is 1.82 bits per heavy atom. The Labute approximate surface area is 203 Å². The van der Waals surface area contributed by atoms with Crippen molar-refractivity contribution in [2.75, 3.05) is 0 Å². The third-order valence-electron chi connectivity index (χ3n) is 6.73. The van der Waals surface area contributed by atoms with Gasteiger partial charge in [-0.05, 0) is 46.5 Å². The van der Waals surface area contributed by atoms with E-state index < -0.39 is 8.07 Å². The Hall–Kier alpha value is -2.74. The molecule has 0 saturated carbocycles. The van der Waals surface area contributed by atoms with Crippen molar-refractivity contribution in [2.45, 2.75) is 58.2 Å². The summed E-state index contributed by atoms with van der Waals surface area (Å²) in [5.41, 5.74) is 10.3. The molecule has 0 aliphatic heterocycles. The van der Waals surface area contributed by atoms with E-state index in [-0.39, 0.29) is 0 Å². The van der Waals surface area contributed by atoms with Crippen LogP contribution >= 0.6 is 11.3 Å². The summed E-state index contributed by atoms with van der Waals surface area (Å²) in [5.74, 6) is 3.58. The molecule has 0 atom stereocenters. The second kappa shape index (κ2) is 9.63. The highest BCUT2D eigenvalue weighted by atomic mass is 32.1. The Kier molecular flexibility index (Phi) is 6.83. The van der Waals surface area contributed by atoms with E-state index in [0.717, 1.165) is 27.3 Å². The number of hydrogen-bond acceptors (Lipinski definition) is 3. The molecule has 168 valence electrons. The molecule has 0 fully saturated rings. The quantitative estimate of drug-likeness (QED) is 0.216. The normalized spacial score (nSPS) is 11.9. The van der Waals surface area contributed by atoms with Crippen LogP contribution in [0.1, 0.15) is 47.2 Å². The lowest BCUT2D eigenvalue weighted by Gasteiger charge is -2.38. The molecule has 0 aliphatic rings. The van der Waals surface area contributed by atoms with Gasteiger partial charge in [0.25, 0.3) is 0 Å². The van der Waals surface area contributed by atoms with Gasteiger partial charge in [-0.2, -0.15) is 0 Å². The number of rotatable bonds is 5. The van der Waals surface area contributed by atoms with Crippen molar-refractivity contribution in [3.63, 3.8) is 0 Å². The molecule has 0 saturated heterocycles. The summed E-state index contributed by atoms with van der Waals surface area (Å²) in [6, 6.07) is 22.9. The third-order valence-corrected chi connectivity index (χ3v) is 14.2. The Balaban J connectivity index is 1.89. The molecule has 2 aromatic carbocycles. The van der Waals surface area contributed by atoms with Crippen LogP contribution in [0.4, 0.5) is 0 Å². The molecule has 0 spiro atoms. The maximum atomic E-state index is 5.05. The van der Waals surface area contributed by atoms with Crippen molar-refractivity contribution in [2.24, 2.45) is 0 Å². The topological polar surface area (TPSA) is 25.8 Å². The monoisotopic (exact) mass is 468 g/mol. The molecule has 4 aromatic rings. The van der Waals surface area contributed by atoms with Gasteiger partial charge in [-0.1, -0.05) is 89.9 Å². The van der Waals surface area contributed by atoms with E-state index in [1.807, 2.05) is 24.3 Å². The van der Waals surface area contributed by atoms with E-state index in [4.69, 9.17) is 9.97 Å². The summed E-state index contributed by atoms with van der Waals surface area (Å²) in [6.45, 7) is 14.1. The minimum atomic E-state index is -1.87. The fraction of sp³-hybridized carbons (Fsp3) is 0.310. The molecule has 0 radical (unpaired) electrons. The summed E-state index contributed by atoms with van der Waals surface area (Å²) in [5, 5.41) is 0.